The molecule has 2 aromatic rings. The maximum atomic E-state index is 12.1. The summed E-state index contributed by atoms with van der Waals surface area (Å²) in [4.78, 5) is 4.29. The van der Waals surface area contributed by atoms with E-state index in [0.717, 1.165) is 5.69 Å². The molecule has 0 bridgehead atoms. The van der Waals surface area contributed by atoms with Gasteiger partial charge in [-0.15, -0.1) is 11.3 Å². The van der Waals surface area contributed by atoms with E-state index in [1.54, 1.807) is 18.2 Å². The Hall–Kier alpha value is -1.28. The highest BCUT2D eigenvalue weighted by Gasteiger charge is 2.17. The zero-order valence-electron chi connectivity index (χ0n) is 10.3. The first-order valence-electron chi connectivity index (χ1n) is 5.62. The number of aliphatic hydroxyl groups excluding tert-OH is 1. The van der Waals surface area contributed by atoms with Gasteiger partial charge in [0.2, 0.25) is 10.0 Å². The Morgan fingerprint density at radius 1 is 1.37 bits per heavy atom. The zero-order valence-corrected chi connectivity index (χ0v) is 12.0. The van der Waals surface area contributed by atoms with Crippen LogP contribution in [0.1, 0.15) is 16.3 Å². The van der Waals surface area contributed by atoms with Crippen molar-refractivity contribution >= 4 is 21.4 Å². The van der Waals surface area contributed by atoms with E-state index >= 15 is 0 Å². The fraction of sp³-hybridized carbons (Fsp3) is 0.250. The molecule has 0 aliphatic heterocycles. The largest absolute Gasteiger partial charge is 0.392 e. The Balaban J connectivity index is 2.18. The minimum Gasteiger partial charge on any atom is -0.392 e. The van der Waals surface area contributed by atoms with Crippen LogP contribution in [0.3, 0.4) is 0 Å². The van der Waals surface area contributed by atoms with Crippen LogP contribution in [0, 0.1) is 6.92 Å². The third kappa shape index (κ3) is 3.38. The molecule has 0 spiro atoms. The lowest BCUT2D eigenvalue weighted by Gasteiger charge is -2.08. The summed E-state index contributed by atoms with van der Waals surface area (Å²) in [5, 5.41) is 11.7. The van der Waals surface area contributed by atoms with Gasteiger partial charge >= 0.3 is 0 Å². The molecule has 0 fully saturated rings. The van der Waals surface area contributed by atoms with Gasteiger partial charge in [-0.25, -0.2) is 18.1 Å². The fourth-order valence-corrected chi connectivity index (χ4v) is 3.64. The lowest BCUT2D eigenvalue weighted by molar-refractivity contribution is 0.278. The van der Waals surface area contributed by atoms with Crippen molar-refractivity contribution in [1.82, 2.24) is 9.71 Å². The predicted octanol–water partition coefficient (Wildman–Crippen LogP) is 1.42. The number of rotatable bonds is 5. The number of benzene rings is 1. The van der Waals surface area contributed by atoms with Crippen LogP contribution in [0.15, 0.2) is 34.5 Å². The van der Waals surface area contributed by atoms with Gasteiger partial charge in [-0.05, 0) is 18.6 Å². The summed E-state index contributed by atoms with van der Waals surface area (Å²) in [6, 6.07) is 6.37. The molecule has 19 heavy (non-hydrogen) atoms. The van der Waals surface area contributed by atoms with Crippen molar-refractivity contribution in [2.75, 3.05) is 0 Å². The van der Waals surface area contributed by atoms with Crippen molar-refractivity contribution in [2.45, 2.75) is 25.0 Å². The first-order chi connectivity index (χ1) is 9.03. The van der Waals surface area contributed by atoms with E-state index in [0.29, 0.717) is 10.6 Å². The number of aryl methyl sites for hydroxylation is 1. The SMILES string of the molecule is Cc1csc(CNS(=O)(=O)c2ccccc2CO)n1. The Morgan fingerprint density at radius 3 is 2.74 bits per heavy atom. The van der Waals surface area contributed by atoms with E-state index in [1.165, 1.54) is 17.4 Å². The standard InChI is InChI=1S/C12H14N2O3S2/c1-9-8-18-12(14-9)6-13-19(16,17)11-5-3-2-4-10(11)7-15/h2-5,8,13,15H,6-7H2,1H3. The smallest absolute Gasteiger partial charge is 0.241 e. The third-order valence-electron chi connectivity index (χ3n) is 2.51. The van der Waals surface area contributed by atoms with Gasteiger partial charge in [-0.3, -0.25) is 0 Å². The fourth-order valence-electron chi connectivity index (χ4n) is 1.62. The molecular weight excluding hydrogens is 284 g/mol. The molecule has 0 aliphatic rings. The minimum absolute atomic E-state index is 0.103. The van der Waals surface area contributed by atoms with Crippen LogP contribution in [-0.2, 0) is 23.2 Å². The molecule has 0 aliphatic carbocycles. The van der Waals surface area contributed by atoms with Gasteiger partial charge in [-0.1, -0.05) is 18.2 Å². The van der Waals surface area contributed by atoms with E-state index in [-0.39, 0.29) is 18.0 Å². The highest BCUT2D eigenvalue weighted by atomic mass is 32.2. The number of sulfonamides is 1. The average molecular weight is 298 g/mol. The molecule has 2 N–H and O–H groups in total. The first kappa shape index (κ1) is 14.1. The summed E-state index contributed by atoms with van der Waals surface area (Å²) < 4.78 is 26.8. The molecule has 5 nitrogen and oxygen atoms in total. The van der Waals surface area contributed by atoms with Gasteiger partial charge in [0.05, 0.1) is 18.0 Å². The highest BCUT2D eigenvalue weighted by Crippen LogP contribution is 2.16. The summed E-state index contributed by atoms with van der Waals surface area (Å²) in [6.45, 7) is 1.70. The second-order valence-corrected chi connectivity index (χ2v) is 6.65. The summed E-state index contributed by atoms with van der Waals surface area (Å²) in [5.41, 5.74) is 1.25. The first-order valence-corrected chi connectivity index (χ1v) is 7.98. The van der Waals surface area contributed by atoms with Crippen LogP contribution >= 0.6 is 11.3 Å². The molecule has 0 radical (unpaired) electrons. The zero-order chi connectivity index (χ0) is 13.9. The normalized spacial score (nSPS) is 11.7. The minimum atomic E-state index is -3.64. The van der Waals surface area contributed by atoms with Crippen molar-refractivity contribution in [1.29, 1.82) is 0 Å². The molecule has 0 atom stereocenters. The summed E-state index contributed by atoms with van der Waals surface area (Å²) in [5.74, 6) is 0. The van der Waals surface area contributed by atoms with E-state index < -0.39 is 10.0 Å². The van der Waals surface area contributed by atoms with Gasteiger partial charge in [0.25, 0.3) is 0 Å². The molecule has 0 saturated carbocycles. The lowest BCUT2D eigenvalue weighted by Crippen LogP contribution is -2.24. The number of hydrogen-bond donors (Lipinski definition) is 2. The topological polar surface area (TPSA) is 79.3 Å². The Bertz CT molecular complexity index is 665. The maximum Gasteiger partial charge on any atom is 0.241 e. The molecule has 0 saturated heterocycles. The van der Waals surface area contributed by atoms with Crippen molar-refractivity contribution < 1.29 is 13.5 Å². The quantitative estimate of drug-likeness (QED) is 0.875. The van der Waals surface area contributed by atoms with E-state index in [2.05, 4.69) is 9.71 Å². The molecular formula is C12H14N2O3S2. The molecule has 7 heteroatoms. The number of aromatic nitrogens is 1. The number of aliphatic hydroxyl groups is 1. The maximum absolute atomic E-state index is 12.1. The molecule has 102 valence electrons. The molecule has 1 aromatic carbocycles. The summed E-state index contributed by atoms with van der Waals surface area (Å²) in [6.07, 6.45) is 0. The summed E-state index contributed by atoms with van der Waals surface area (Å²) in [7, 11) is -3.64. The number of nitrogens with zero attached hydrogens (tertiary/aromatic N) is 1. The van der Waals surface area contributed by atoms with Gasteiger partial charge in [0, 0.05) is 11.1 Å². The Morgan fingerprint density at radius 2 is 2.11 bits per heavy atom. The van der Waals surface area contributed by atoms with Crippen molar-refractivity contribution in [3.63, 3.8) is 0 Å². The van der Waals surface area contributed by atoms with Crippen molar-refractivity contribution in [3.05, 3.63) is 45.9 Å². The van der Waals surface area contributed by atoms with Crippen molar-refractivity contribution in [2.24, 2.45) is 0 Å². The number of hydrogen-bond acceptors (Lipinski definition) is 5. The van der Waals surface area contributed by atoms with E-state index in [4.69, 9.17) is 5.11 Å². The monoisotopic (exact) mass is 298 g/mol. The molecule has 1 aromatic heterocycles. The van der Waals surface area contributed by atoms with E-state index in [1.807, 2.05) is 12.3 Å². The summed E-state index contributed by atoms with van der Waals surface area (Å²) >= 11 is 1.41. The molecule has 1 heterocycles. The van der Waals surface area contributed by atoms with Gasteiger partial charge in [0.1, 0.15) is 5.01 Å². The van der Waals surface area contributed by atoms with Crippen LogP contribution in [0.4, 0.5) is 0 Å². The second kappa shape index (κ2) is 5.79. The second-order valence-electron chi connectivity index (χ2n) is 3.97. The molecule has 2 rings (SSSR count). The lowest BCUT2D eigenvalue weighted by atomic mass is 10.2. The van der Waals surface area contributed by atoms with Crippen LogP contribution < -0.4 is 4.72 Å². The van der Waals surface area contributed by atoms with Gasteiger partial charge < -0.3 is 5.11 Å². The Labute approximate surface area is 116 Å². The van der Waals surface area contributed by atoms with Crippen molar-refractivity contribution in [3.8, 4) is 0 Å². The predicted molar refractivity (Wildman–Crippen MR) is 73.2 cm³/mol. The molecule has 0 unspecified atom stereocenters. The van der Waals surface area contributed by atoms with E-state index in [9.17, 15) is 8.42 Å². The third-order valence-corrected chi connectivity index (χ3v) is 4.98. The number of nitrogens with one attached hydrogen (secondary N) is 1. The highest BCUT2D eigenvalue weighted by molar-refractivity contribution is 7.89. The van der Waals surface area contributed by atoms with Gasteiger partial charge in [0.15, 0.2) is 0 Å². The van der Waals surface area contributed by atoms with Crippen LogP contribution in [-0.4, -0.2) is 18.5 Å². The number of thiazole rings is 1. The van der Waals surface area contributed by atoms with Gasteiger partial charge in [-0.2, -0.15) is 0 Å². The Kier molecular flexibility index (Phi) is 4.31. The average Bonchev–Trinajstić information content (AvgIpc) is 2.82. The van der Waals surface area contributed by atoms with Crippen LogP contribution in [0.2, 0.25) is 0 Å². The molecule has 0 amide bonds. The van der Waals surface area contributed by atoms with Crippen LogP contribution in [0.25, 0.3) is 0 Å². The van der Waals surface area contributed by atoms with Crippen LogP contribution in [0.5, 0.6) is 0 Å².